The molecule has 3 N–H and O–H groups in total. The number of nitrogens with zero attached hydrogens (tertiary/aromatic N) is 1. The van der Waals surface area contributed by atoms with E-state index in [1.54, 1.807) is 22.9 Å². The highest BCUT2D eigenvalue weighted by Crippen LogP contribution is 2.27. The summed E-state index contributed by atoms with van der Waals surface area (Å²) in [5.41, 5.74) is 1.37. The third-order valence-electron chi connectivity index (χ3n) is 5.13. The van der Waals surface area contributed by atoms with Gasteiger partial charge in [0.25, 0.3) is 10.0 Å². The van der Waals surface area contributed by atoms with E-state index in [0.717, 1.165) is 19.6 Å². The quantitative estimate of drug-likeness (QED) is 0.486. The fourth-order valence-corrected chi connectivity index (χ4v) is 4.61. The second kappa shape index (κ2) is 11.0. The number of ether oxygens (including phenoxy) is 1. The topological polar surface area (TPSA) is 99.8 Å². The second-order valence-electron chi connectivity index (χ2n) is 7.46. The minimum Gasteiger partial charge on any atom is -0.486 e. The van der Waals surface area contributed by atoms with E-state index in [4.69, 9.17) is 16.3 Å². The lowest BCUT2D eigenvalue weighted by molar-refractivity contribution is 0.247. The van der Waals surface area contributed by atoms with Crippen molar-refractivity contribution >= 4 is 33.3 Å². The first-order valence-electron chi connectivity index (χ1n) is 10.3. The molecule has 0 saturated carbocycles. The molecule has 1 heterocycles. The van der Waals surface area contributed by atoms with Crippen LogP contribution in [0.4, 0.5) is 19.3 Å². The minimum atomic E-state index is -4.60. The first-order valence-corrected chi connectivity index (χ1v) is 12.2. The Morgan fingerprint density at radius 1 is 1.15 bits per heavy atom. The number of amides is 2. The highest BCUT2D eigenvalue weighted by atomic mass is 35.5. The monoisotopic (exact) mass is 502 g/mol. The zero-order valence-corrected chi connectivity index (χ0v) is 19.5. The highest BCUT2D eigenvalue weighted by Gasteiger charge is 2.24. The Morgan fingerprint density at radius 2 is 1.88 bits per heavy atom. The minimum absolute atomic E-state index is 0.109. The van der Waals surface area contributed by atoms with Crippen LogP contribution in [-0.4, -0.2) is 52.6 Å². The first kappa shape index (κ1) is 25.0. The first-order chi connectivity index (χ1) is 15.7. The van der Waals surface area contributed by atoms with Crippen LogP contribution in [-0.2, 0) is 16.6 Å². The maximum absolute atomic E-state index is 14.5. The molecular weight excluding hydrogens is 478 g/mol. The number of anilines is 1. The van der Waals surface area contributed by atoms with Crippen LogP contribution < -0.4 is 20.1 Å². The normalized spacial score (nSPS) is 14.2. The summed E-state index contributed by atoms with van der Waals surface area (Å²) < 4.78 is 60.1. The van der Waals surface area contributed by atoms with E-state index >= 15 is 0 Å². The summed E-state index contributed by atoms with van der Waals surface area (Å²) in [7, 11) is -3.41. The van der Waals surface area contributed by atoms with E-state index < -0.39 is 38.3 Å². The zero-order valence-electron chi connectivity index (χ0n) is 18.0. The van der Waals surface area contributed by atoms with Crippen LogP contribution in [0, 0.1) is 11.6 Å². The SMILES string of the molecule is CNC(=O)NS(=O)(=O)c1cc(F)c(OCc2ccc(Cl)cc2NCCN2CCCC2)cc1F. The predicted octanol–water partition coefficient (Wildman–Crippen LogP) is 3.32. The lowest BCUT2D eigenvalue weighted by Crippen LogP contribution is -2.37. The molecule has 1 aliphatic heterocycles. The number of rotatable bonds is 9. The average Bonchev–Trinajstić information content (AvgIpc) is 3.28. The number of carbonyl (C=O) groups excluding carboxylic acids is 1. The molecule has 0 radical (unpaired) electrons. The molecule has 3 rings (SSSR count). The number of halogens is 3. The zero-order chi connectivity index (χ0) is 24.0. The Kier molecular flexibility index (Phi) is 8.33. The van der Waals surface area contributed by atoms with Gasteiger partial charge in [0.15, 0.2) is 11.6 Å². The van der Waals surface area contributed by atoms with Crippen LogP contribution in [0.1, 0.15) is 18.4 Å². The number of likely N-dealkylation sites (tertiary alicyclic amines) is 1. The van der Waals surface area contributed by atoms with Gasteiger partial charge in [0.1, 0.15) is 17.3 Å². The Bertz CT molecular complexity index is 1110. The van der Waals surface area contributed by atoms with Gasteiger partial charge in [-0.2, -0.15) is 0 Å². The third kappa shape index (κ3) is 6.68. The number of hydrogen-bond donors (Lipinski definition) is 3. The van der Waals surface area contributed by atoms with Gasteiger partial charge in [0.2, 0.25) is 0 Å². The average molecular weight is 503 g/mol. The van der Waals surface area contributed by atoms with Gasteiger partial charge in [-0.05, 0) is 38.1 Å². The standard InChI is InChI=1S/C21H25ClF2N4O4S/c1-25-21(29)27-33(30,31)20-12-16(23)19(11-17(20)24)32-13-14-4-5-15(22)10-18(14)26-6-9-28-7-2-3-8-28/h4-5,10-12,26H,2-3,6-9,13H2,1H3,(H2,25,27,29). The Labute approximate surface area is 196 Å². The van der Waals surface area contributed by atoms with Crippen molar-refractivity contribution in [1.82, 2.24) is 14.9 Å². The molecule has 0 aliphatic carbocycles. The maximum Gasteiger partial charge on any atom is 0.328 e. The summed E-state index contributed by atoms with van der Waals surface area (Å²) in [6.07, 6.45) is 2.39. The number of urea groups is 1. The van der Waals surface area contributed by atoms with Gasteiger partial charge in [-0.25, -0.2) is 26.7 Å². The van der Waals surface area contributed by atoms with E-state index in [2.05, 4.69) is 10.2 Å². The number of hydrogen-bond acceptors (Lipinski definition) is 6. The van der Waals surface area contributed by atoms with Crippen molar-refractivity contribution in [3.63, 3.8) is 0 Å². The lowest BCUT2D eigenvalue weighted by Gasteiger charge is -2.18. The van der Waals surface area contributed by atoms with E-state index in [0.29, 0.717) is 35.0 Å². The molecule has 0 spiro atoms. The molecule has 0 atom stereocenters. The van der Waals surface area contributed by atoms with Gasteiger partial charge in [0.05, 0.1) is 0 Å². The highest BCUT2D eigenvalue weighted by molar-refractivity contribution is 7.90. The van der Waals surface area contributed by atoms with E-state index in [-0.39, 0.29) is 6.61 Å². The molecule has 33 heavy (non-hydrogen) atoms. The van der Waals surface area contributed by atoms with Gasteiger partial charge < -0.3 is 20.3 Å². The van der Waals surface area contributed by atoms with Gasteiger partial charge in [0, 0.05) is 48.5 Å². The molecule has 2 amide bonds. The molecule has 2 aromatic rings. The van der Waals surface area contributed by atoms with Crippen LogP contribution in [0.3, 0.4) is 0 Å². The Morgan fingerprint density at radius 3 is 2.58 bits per heavy atom. The predicted molar refractivity (Wildman–Crippen MR) is 121 cm³/mol. The van der Waals surface area contributed by atoms with Crippen LogP contribution in [0.25, 0.3) is 0 Å². The van der Waals surface area contributed by atoms with E-state index in [9.17, 15) is 22.0 Å². The van der Waals surface area contributed by atoms with Crippen molar-refractivity contribution in [1.29, 1.82) is 0 Å². The van der Waals surface area contributed by atoms with Crippen LogP contribution in [0.15, 0.2) is 35.2 Å². The largest absolute Gasteiger partial charge is 0.486 e. The van der Waals surface area contributed by atoms with E-state index in [1.807, 2.05) is 5.32 Å². The van der Waals surface area contributed by atoms with E-state index in [1.165, 1.54) is 19.9 Å². The molecule has 0 unspecified atom stereocenters. The summed E-state index contributed by atoms with van der Waals surface area (Å²) in [4.78, 5) is 12.6. The number of benzene rings is 2. The Hall–Kier alpha value is -2.63. The molecule has 180 valence electrons. The van der Waals surface area contributed by atoms with Gasteiger partial charge >= 0.3 is 6.03 Å². The summed E-state index contributed by atoms with van der Waals surface area (Å²) in [6, 6.07) is 5.10. The second-order valence-corrected chi connectivity index (χ2v) is 9.55. The van der Waals surface area contributed by atoms with Crippen molar-refractivity contribution in [2.75, 3.05) is 38.5 Å². The molecule has 1 fully saturated rings. The number of sulfonamides is 1. The number of nitrogens with one attached hydrogen (secondary N) is 3. The molecular formula is C21H25ClF2N4O4S. The van der Waals surface area contributed by atoms with Crippen molar-refractivity contribution in [2.24, 2.45) is 0 Å². The van der Waals surface area contributed by atoms with Gasteiger partial charge in [-0.15, -0.1) is 0 Å². The molecule has 0 aromatic heterocycles. The van der Waals surface area contributed by atoms with Crippen LogP contribution >= 0.6 is 11.6 Å². The van der Waals surface area contributed by atoms with Crippen LogP contribution in [0.5, 0.6) is 5.75 Å². The smallest absolute Gasteiger partial charge is 0.328 e. The molecule has 1 saturated heterocycles. The molecule has 1 aliphatic rings. The van der Waals surface area contributed by atoms with Crippen molar-refractivity contribution < 1.29 is 26.7 Å². The van der Waals surface area contributed by atoms with Gasteiger partial charge in [-0.3, -0.25) is 0 Å². The summed E-state index contributed by atoms with van der Waals surface area (Å²) in [6.45, 7) is 3.58. The molecule has 8 nitrogen and oxygen atoms in total. The van der Waals surface area contributed by atoms with Crippen molar-refractivity contribution in [3.8, 4) is 5.75 Å². The fraction of sp³-hybridized carbons (Fsp3) is 0.381. The molecule has 0 bridgehead atoms. The molecule has 2 aromatic carbocycles. The summed E-state index contributed by atoms with van der Waals surface area (Å²) >= 11 is 6.10. The molecule has 12 heteroatoms. The fourth-order valence-electron chi connectivity index (χ4n) is 3.40. The number of carbonyl (C=O) groups is 1. The van der Waals surface area contributed by atoms with Gasteiger partial charge in [-0.1, -0.05) is 17.7 Å². The lowest BCUT2D eigenvalue weighted by atomic mass is 10.2. The maximum atomic E-state index is 14.5. The third-order valence-corrected chi connectivity index (χ3v) is 6.71. The summed E-state index contributed by atoms with van der Waals surface area (Å²) in [5, 5.41) is 5.83. The summed E-state index contributed by atoms with van der Waals surface area (Å²) in [5.74, 6) is -2.82. The van der Waals surface area contributed by atoms with Crippen molar-refractivity contribution in [3.05, 3.63) is 52.6 Å². The van der Waals surface area contributed by atoms with Crippen molar-refractivity contribution in [2.45, 2.75) is 24.3 Å². The Balaban J connectivity index is 1.70. The van der Waals surface area contributed by atoms with Crippen LogP contribution in [0.2, 0.25) is 5.02 Å².